The number of nitrogens with zero attached hydrogens (tertiary/aromatic N) is 2. The Bertz CT molecular complexity index is 867. The van der Waals surface area contributed by atoms with Gasteiger partial charge in [-0.05, 0) is 42.0 Å². The third-order valence-corrected chi connectivity index (χ3v) is 3.85. The van der Waals surface area contributed by atoms with Crippen LogP contribution in [0.15, 0.2) is 71.9 Å². The third-order valence-electron chi connectivity index (χ3n) is 3.85. The molecule has 4 rings (SSSR count). The van der Waals surface area contributed by atoms with Crippen molar-refractivity contribution in [3.63, 3.8) is 0 Å². The summed E-state index contributed by atoms with van der Waals surface area (Å²) in [4.78, 5) is 9.27. The van der Waals surface area contributed by atoms with Crippen molar-refractivity contribution in [2.75, 3.05) is 0 Å². The van der Waals surface area contributed by atoms with Gasteiger partial charge in [0.25, 0.3) is 0 Å². The molecular weight excluding hydrogens is 275 g/mol. The van der Waals surface area contributed by atoms with Gasteiger partial charge in [0.1, 0.15) is 5.82 Å². The van der Waals surface area contributed by atoms with E-state index < -0.39 is 0 Å². The summed E-state index contributed by atoms with van der Waals surface area (Å²) in [6, 6.07) is 18.5. The molecule has 0 saturated heterocycles. The number of rotatable bonds is 1. The topological polar surface area (TPSA) is 25.2 Å². The largest absolute Gasteiger partial charge is 0.259 e. The van der Waals surface area contributed by atoms with Crippen LogP contribution in [0.1, 0.15) is 22.4 Å². The van der Waals surface area contributed by atoms with Gasteiger partial charge in [0.2, 0.25) is 0 Å². The van der Waals surface area contributed by atoms with Crippen LogP contribution in [0.2, 0.25) is 0 Å². The number of pyridine rings is 1. The second-order valence-corrected chi connectivity index (χ2v) is 5.27. The number of aliphatic imine (C=N–C) groups is 1. The number of benzene rings is 2. The Labute approximate surface area is 128 Å². The molecule has 0 aliphatic carbocycles. The van der Waals surface area contributed by atoms with E-state index >= 15 is 0 Å². The molecule has 0 atom stereocenters. The molecule has 0 saturated carbocycles. The standard InChI is InChI=1S/C19H13FN2/c20-15-9-7-13(8-10-15)19-16-5-2-1-4-14(16)12-18-17(22-19)6-3-11-21-18/h1-11H,12H2. The van der Waals surface area contributed by atoms with Crippen LogP contribution in [0.5, 0.6) is 0 Å². The van der Waals surface area contributed by atoms with Gasteiger partial charge in [0.05, 0.1) is 17.1 Å². The normalized spacial score (nSPS) is 12.9. The maximum atomic E-state index is 13.2. The maximum Gasteiger partial charge on any atom is 0.123 e. The highest BCUT2D eigenvalue weighted by atomic mass is 19.1. The number of halogens is 1. The molecule has 2 heterocycles. The van der Waals surface area contributed by atoms with E-state index in [1.54, 1.807) is 18.3 Å². The molecule has 0 spiro atoms. The summed E-state index contributed by atoms with van der Waals surface area (Å²) in [5.41, 5.74) is 5.87. The van der Waals surface area contributed by atoms with Crippen LogP contribution < -0.4 is 0 Å². The Morgan fingerprint density at radius 2 is 1.68 bits per heavy atom. The number of fused-ring (bicyclic) bond motifs is 2. The van der Waals surface area contributed by atoms with Crippen molar-refractivity contribution in [3.05, 3.63) is 95.1 Å². The Hall–Kier alpha value is -2.81. The molecule has 0 bridgehead atoms. The lowest BCUT2D eigenvalue weighted by Crippen LogP contribution is -2.05. The summed E-state index contributed by atoms with van der Waals surface area (Å²) in [6.07, 6.45) is 2.54. The lowest BCUT2D eigenvalue weighted by Gasteiger charge is -2.09. The predicted molar refractivity (Wildman–Crippen MR) is 85.2 cm³/mol. The van der Waals surface area contributed by atoms with Crippen LogP contribution in [0.3, 0.4) is 0 Å². The first-order chi connectivity index (χ1) is 10.8. The van der Waals surface area contributed by atoms with E-state index in [9.17, 15) is 4.39 Å². The quantitative estimate of drug-likeness (QED) is 0.513. The van der Waals surface area contributed by atoms with Crippen molar-refractivity contribution in [3.8, 4) is 0 Å². The van der Waals surface area contributed by atoms with Gasteiger partial charge in [-0.3, -0.25) is 4.98 Å². The average Bonchev–Trinajstić information content (AvgIpc) is 2.72. The number of hydrogen-bond donors (Lipinski definition) is 0. The van der Waals surface area contributed by atoms with Crippen LogP contribution in [0, 0.1) is 5.82 Å². The SMILES string of the molecule is Fc1ccc(C2=Nc3cccnc3Cc3ccccc32)cc1. The molecule has 0 unspecified atom stereocenters. The minimum Gasteiger partial charge on any atom is -0.259 e. The third kappa shape index (κ3) is 2.21. The molecule has 0 radical (unpaired) electrons. The van der Waals surface area contributed by atoms with E-state index in [4.69, 9.17) is 4.99 Å². The fourth-order valence-electron chi connectivity index (χ4n) is 2.76. The van der Waals surface area contributed by atoms with Crippen molar-refractivity contribution in [2.45, 2.75) is 6.42 Å². The molecule has 2 aromatic carbocycles. The van der Waals surface area contributed by atoms with E-state index in [0.717, 1.165) is 34.6 Å². The average molecular weight is 288 g/mol. The first-order valence-corrected chi connectivity index (χ1v) is 7.18. The second-order valence-electron chi connectivity index (χ2n) is 5.27. The minimum atomic E-state index is -0.242. The smallest absolute Gasteiger partial charge is 0.123 e. The summed E-state index contributed by atoms with van der Waals surface area (Å²) >= 11 is 0. The Kier molecular flexibility index (Phi) is 3.04. The molecular formula is C19H13FN2. The van der Waals surface area contributed by atoms with Crippen LogP contribution in [0.25, 0.3) is 0 Å². The lowest BCUT2D eigenvalue weighted by atomic mass is 9.96. The van der Waals surface area contributed by atoms with Gasteiger partial charge in [-0.2, -0.15) is 0 Å². The van der Waals surface area contributed by atoms with Gasteiger partial charge in [0.15, 0.2) is 0 Å². The highest BCUT2D eigenvalue weighted by Gasteiger charge is 2.18. The van der Waals surface area contributed by atoms with Crippen molar-refractivity contribution in [1.29, 1.82) is 0 Å². The summed E-state index contributed by atoms with van der Waals surface area (Å²) < 4.78 is 13.2. The first-order valence-electron chi connectivity index (χ1n) is 7.18. The molecule has 1 aromatic heterocycles. The molecule has 3 aromatic rings. The van der Waals surface area contributed by atoms with Crippen molar-refractivity contribution >= 4 is 11.4 Å². The molecule has 1 aliphatic heterocycles. The highest BCUT2D eigenvalue weighted by Crippen LogP contribution is 2.29. The Morgan fingerprint density at radius 1 is 0.864 bits per heavy atom. The second kappa shape index (κ2) is 5.19. The number of hydrogen-bond acceptors (Lipinski definition) is 2. The zero-order valence-electron chi connectivity index (χ0n) is 11.8. The molecule has 0 amide bonds. The summed E-state index contributed by atoms with van der Waals surface area (Å²) in [5.74, 6) is -0.242. The van der Waals surface area contributed by atoms with Gasteiger partial charge in [-0.15, -0.1) is 0 Å². The molecule has 3 heteroatoms. The zero-order valence-corrected chi connectivity index (χ0v) is 11.8. The van der Waals surface area contributed by atoms with Gasteiger partial charge in [-0.25, -0.2) is 9.38 Å². The minimum absolute atomic E-state index is 0.242. The number of aromatic nitrogens is 1. The van der Waals surface area contributed by atoms with Crippen LogP contribution in [0.4, 0.5) is 10.1 Å². The van der Waals surface area contributed by atoms with Crippen LogP contribution >= 0.6 is 0 Å². The fraction of sp³-hybridized carbons (Fsp3) is 0.0526. The molecule has 2 nitrogen and oxygen atoms in total. The highest BCUT2D eigenvalue weighted by molar-refractivity contribution is 6.15. The van der Waals surface area contributed by atoms with E-state index in [2.05, 4.69) is 17.1 Å². The molecule has 1 aliphatic rings. The summed E-state index contributed by atoms with van der Waals surface area (Å²) in [6.45, 7) is 0. The Morgan fingerprint density at radius 3 is 2.55 bits per heavy atom. The van der Waals surface area contributed by atoms with E-state index in [0.29, 0.717) is 0 Å². The van der Waals surface area contributed by atoms with Crippen molar-refractivity contribution < 1.29 is 4.39 Å². The molecule has 0 fully saturated rings. The maximum absolute atomic E-state index is 13.2. The van der Waals surface area contributed by atoms with Crippen molar-refractivity contribution in [1.82, 2.24) is 4.98 Å². The predicted octanol–water partition coefficient (Wildman–Crippen LogP) is 4.29. The van der Waals surface area contributed by atoms with Gasteiger partial charge < -0.3 is 0 Å². The first kappa shape index (κ1) is 12.9. The zero-order chi connectivity index (χ0) is 14.9. The van der Waals surface area contributed by atoms with Gasteiger partial charge >= 0.3 is 0 Å². The Balaban J connectivity index is 1.98. The van der Waals surface area contributed by atoms with E-state index in [-0.39, 0.29) is 5.82 Å². The lowest BCUT2D eigenvalue weighted by molar-refractivity contribution is 0.628. The van der Waals surface area contributed by atoms with E-state index in [1.807, 2.05) is 24.3 Å². The summed E-state index contributed by atoms with van der Waals surface area (Å²) in [7, 11) is 0. The van der Waals surface area contributed by atoms with Crippen molar-refractivity contribution in [2.24, 2.45) is 4.99 Å². The van der Waals surface area contributed by atoms with Crippen LogP contribution in [-0.4, -0.2) is 10.7 Å². The molecule has 106 valence electrons. The molecule has 0 N–H and O–H groups in total. The molecule has 22 heavy (non-hydrogen) atoms. The fourth-order valence-corrected chi connectivity index (χ4v) is 2.76. The van der Waals surface area contributed by atoms with Gasteiger partial charge in [-0.1, -0.05) is 24.3 Å². The van der Waals surface area contributed by atoms with Crippen LogP contribution in [-0.2, 0) is 6.42 Å². The summed E-state index contributed by atoms with van der Waals surface area (Å²) in [5, 5.41) is 0. The monoisotopic (exact) mass is 288 g/mol. The van der Waals surface area contributed by atoms with Gasteiger partial charge in [0, 0.05) is 23.7 Å². The van der Waals surface area contributed by atoms with E-state index in [1.165, 1.54) is 17.7 Å².